The highest BCUT2D eigenvalue weighted by Crippen LogP contribution is 2.08. The molecule has 15 heavy (non-hydrogen) atoms. The lowest BCUT2D eigenvalue weighted by molar-refractivity contribution is -0.119. The minimum atomic E-state index is 0. The molecule has 0 spiro atoms. The largest absolute Gasteiger partial charge is 0.352 e. The highest BCUT2D eigenvalue weighted by atomic mass is 16.1. The first-order chi connectivity index (χ1) is 7.24. The Kier molecular flexibility index (Phi) is 7.33. The lowest BCUT2D eigenvalue weighted by atomic mass is 10.1. The van der Waals surface area contributed by atoms with Gasteiger partial charge < -0.3 is 5.32 Å². The predicted molar refractivity (Wildman–Crippen MR) is 66.8 cm³/mol. The van der Waals surface area contributed by atoms with E-state index >= 15 is 0 Å². The lowest BCUT2D eigenvalue weighted by Crippen LogP contribution is -2.19. The van der Waals surface area contributed by atoms with Gasteiger partial charge in [-0.3, -0.25) is 4.79 Å². The highest BCUT2D eigenvalue weighted by Gasteiger charge is 1.99. The minimum absolute atomic E-state index is 0. The first-order valence-corrected chi connectivity index (χ1v) is 5.55. The van der Waals surface area contributed by atoms with Crippen LogP contribution in [0, 0.1) is 0 Å². The highest BCUT2D eigenvalue weighted by molar-refractivity contribution is 5.72. The maximum Gasteiger partial charge on any atom is 0.217 e. The number of benzene rings is 1. The molecule has 1 aromatic carbocycles. The fourth-order valence-corrected chi connectivity index (χ4v) is 1.29. The summed E-state index contributed by atoms with van der Waals surface area (Å²) in [6.45, 7) is 8.29. The molecule has 86 valence electrons. The Balaban J connectivity index is 0. The van der Waals surface area contributed by atoms with Crippen LogP contribution in [0.15, 0.2) is 24.3 Å². The van der Waals surface area contributed by atoms with Crippen molar-refractivity contribution < 1.29 is 6.22 Å². The van der Waals surface area contributed by atoms with E-state index in [1.807, 2.05) is 26.0 Å². The lowest BCUT2D eigenvalue weighted by Gasteiger charge is -2.07. The topological polar surface area (TPSA) is 29.1 Å². The standard InChI is InChI=1S/C11H15NO.C2H6.H2/c1-3-10-6-4-5-7-11(10)8-12-9(2)13;1-2;/h4-7H,3,8H2,1-2H3,(H,12,13);1-2H3;1H. The van der Waals surface area contributed by atoms with Gasteiger partial charge in [-0.15, -0.1) is 0 Å². The second-order valence-electron chi connectivity index (χ2n) is 3.03. The third-order valence-corrected chi connectivity index (χ3v) is 2.03. The van der Waals surface area contributed by atoms with Crippen LogP contribution in [0.2, 0.25) is 0 Å². The number of hydrogen-bond donors (Lipinski definition) is 1. The van der Waals surface area contributed by atoms with E-state index in [9.17, 15) is 4.79 Å². The monoisotopic (exact) mass is 209 g/mol. The number of amides is 1. The van der Waals surface area contributed by atoms with E-state index in [1.54, 1.807) is 0 Å². The zero-order valence-corrected chi connectivity index (χ0v) is 10.1. The normalized spacial score (nSPS) is 8.80. The number of carbonyl (C=O) groups is 1. The molecule has 1 rings (SSSR count). The summed E-state index contributed by atoms with van der Waals surface area (Å²) in [5, 5.41) is 2.80. The van der Waals surface area contributed by atoms with E-state index in [0.29, 0.717) is 6.54 Å². The fraction of sp³-hybridized carbons (Fsp3) is 0.462. The van der Waals surface area contributed by atoms with Gasteiger partial charge in [-0.25, -0.2) is 0 Å². The van der Waals surface area contributed by atoms with Crippen LogP contribution in [0.1, 0.15) is 40.2 Å². The summed E-state index contributed by atoms with van der Waals surface area (Å²) in [7, 11) is 0. The van der Waals surface area contributed by atoms with Gasteiger partial charge in [0.05, 0.1) is 0 Å². The first-order valence-electron chi connectivity index (χ1n) is 5.55. The van der Waals surface area contributed by atoms with Gasteiger partial charge in [0.1, 0.15) is 0 Å². The van der Waals surface area contributed by atoms with E-state index in [4.69, 9.17) is 0 Å². The van der Waals surface area contributed by atoms with Gasteiger partial charge in [0.15, 0.2) is 0 Å². The van der Waals surface area contributed by atoms with Crippen LogP contribution < -0.4 is 5.32 Å². The molecule has 0 aliphatic rings. The predicted octanol–water partition coefficient (Wildman–Crippen LogP) is 3.16. The van der Waals surface area contributed by atoms with E-state index in [0.717, 1.165) is 6.42 Å². The van der Waals surface area contributed by atoms with Crippen LogP contribution in [-0.4, -0.2) is 5.91 Å². The Hall–Kier alpha value is -1.31. The smallest absolute Gasteiger partial charge is 0.217 e. The van der Waals surface area contributed by atoms with Crippen LogP contribution in [0.4, 0.5) is 0 Å². The van der Waals surface area contributed by atoms with Crippen molar-refractivity contribution in [2.75, 3.05) is 0 Å². The summed E-state index contributed by atoms with van der Waals surface area (Å²) in [4.78, 5) is 10.7. The molecule has 0 saturated heterocycles. The summed E-state index contributed by atoms with van der Waals surface area (Å²) < 4.78 is 0. The summed E-state index contributed by atoms with van der Waals surface area (Å²) in [6.07, 6.45) is 1.01. The Bertz CT molecular complexity index is 300. The molecule has 0 aliphatic heterocycles. The van der Waals surface area contributed by atoms with Crippen LogP contribution in [0.5, 0.6) is 0 Å². The molecule has 1 amide bonds. The number of nitrogens with one attached hydrogen (secondary N) is 1. The van der Waals surface area contributed by atoms with Gasteiger partial charge in [0, 0.05) is 14.9 Å². The van der Waals surface area contributed by atoms with Gasteiger partial charge in [0.25, 0.3) is 0 Å². The zero-order chi connectivity index (χ0) is 11.7. The van der Waals surface area contributed by atoms with Crippen molar-refractivity contribution in [2.24, 2.45) is 0 Å². The first kappa shape index (κ1) is 13.7. The molecule has 0 saturated carbocycles. The molecule has 0 aromatic heterocycles. The number of carbonyl (C=O) groups excluding carboxylic acids is 1. The average molecular weight is 209 g/mol. The summed E-state index contributed by atoms with van der Waals surface area (Å²) in [5.41, 5.74) is 2.51. The van der Waals surface area contributed by atoms with E-state index < -0.39 is 0 Å². The molecule has 0 aliphatic carbocycles. The van der Waals surface area contributed by atoms with Gasteiger partial charge in [-0.2, -0.15) is 0 Å². The number of hydrogen-bond acceptors (Lipinski definition) is 1. The van der Waals surface area contributed by atoms with Crippen LogP contribution in [0.3, 0.4) is 0 Å². The third kappa shape index (κ3) is 5.21. The maximum absolute atomic E-state index is 10.7. The van der Waals surface area contributed by atoms with Gasteiger partial charge >= 0.3 is 0 Å². The molecule has 0 radical (unpaired) electrons. The molecule has 0 fully saturated rings. The molecule has 1 N–H and O–H groups in total. The zero-order valence-electron chi connectivity index (χ0n) is 10.1. The molecular formula is C13H23NO. The van der Waals surface area contributed by atoms with Crippen molar-refractivity contribution in [1.82, 2.24) is 5.32 Å². The second kappa shape index (κ2) is 8.04. The summed E-state index contributed by atoms with van der Waals surface area (Å²) >= 11 is 0. The van der Waals surface area contributed by atoms with Gasteiger partial charge in [-0.1, -0.05) is 45.0 Å². The molecule has 2 nitrogen and oxygen atoms in total. The fourth-order valence-electron chi connectivity index (χ4n) is 1.29. The summed E-state index contributed by atoms with van der Waals surface area (Å²) in [5.74, 6) is 0.0194. The van der Waals surface area contributed by atoms with Crippen molar-refractivity contribution in [3.8, 4) is 0 Å². The molecule has 0 unspecified atom stereocenters. The van der Waals surface area contributed by atoms with Crippen molar-refractivity contribution >= 4 is 5.91 Å². The summed E-state index contributed by atoms with van der Waals surface area (Å²) in [6, 6.07) is 8.17. The average Bonchev–Trinajstić information content (AvgIpc) is 2.29. The third-order valence-electron chi connectivity index (χ3n) is 2.03. The van der Waals surface area contributed by atoms with E-state index in [-0.39, 0.29) is 7.33 Å². The van der Waals surface area contributed by atoms with Gasteiger partial charge in [-0.05, 0) is 17.5 Å². The van der Waals surface area contributed by atoms with Gasteiger partial charge in [0.2, 0.25) is 5.91 Å². The molecular weight excluding hydrogens is 186 g/mol. The maximum atomic E-state index is 10.7. The Morgan fingerprint density at radius 2 is 1.80 bits per heavy atom. The number of rotatable bonds is 3. The van der Waals surface area contributed by atoms with Crippen molar-refractivity contribution in [3.63, 3.8) is 0 Å². The number of aryl methyl sites for hydroxylation is 1. The molecule has 0 bridgehead atoms. The molecule has 0 atom stereocenters. The minimum Gasteiger partial charge on any atom is -0.352 e. The molecule has 1 aromatic rings. The Morgan fingerprint density at radius 1 is 1.27 bits per heavy atom. The Labute approximate surface area is 94.2 Å². The quantitative estimate of drug-likeness (QED) is 0.814. The van der Waals surface area contributed by atoms with E-state index in [1.165, 1.54) is 18.1 Å². The van der Waals surface area contributed by atoms with Crippen molar-refractivity contribution in [3.05, 3.63) is 35.4 Å². The van der Waals surface area contributed by atoms with Crippen molar-refractivity contribution in [2.45, 2.75) is 40.7 Å². The van der Waals surface area contributed by atoms with Crippen LogP contribution in [0.25, 0.3) is 0 Å². The van der Waals surface area contributed by atoms with Crippen LogP contribution in [-0.2, 0) is 17.8 Å². The SMILES string of the molecule is CC.CCc1ccccc1CNC(C)=O.[HH]. The van der Waals surface area contributed by atoms with E-state index in [2.05, 4.69) is 24.4 Å². The van der Waals surface area contributed by atoms with Crippen LogP contribution >= 0.6 is 0 Å². The Morgan fingerprint density at radius 3 is 2.27 bits per heavy atom. The van der Waals surface area contributed by atoms with Crippen molar-refractivity contribution in [1.29, 1.82) is 0 Å². The molecule has 0 heterocycles. The second-order valence-corrected chi connectivity index (χ2v) is 3.03. The molecule has 2 heteroatoms.